The maximum Gasteiger partial charge on any atom is 0.337 e. The highest BCUT2D eigenvalue weighted by Gasteiger charge is 2.09. The Labute approximate surface area is 127 Å². The molecular weight excluding hydrogens is 294 g/mol. The van der Waals surface area contributed by atoms with Gasteiger partial charge in [0.15, 0.2) is 0 Å². The summed E-state index contributed by atoms with van der Waals surface area (Å²) >= 11 is 7.53. The molecule has 5 heteroatoms. The first-order valence-electron chi connectivity index (χ1n) is 6.00. The summed E-state index contributed by atoms with van der Waals surface area (Å²) in [6.07, 6.45) is 2.04. The lowest BCUT2D eigenvalue weighted by molar-refractivity contribution is 0.0697. The molecule has 0 aliphatic heterocycles. The Morgan fingerprint density at radius 2 is 1.95 bits per heavy atom. The largest absolute Gasteiger partial charge is 0.478 e. The number of aromatic carboxylic acids is 1. The summed E-state index contributed by atoms with van der Waals surface area (Å²) in [7, 11) is 0. The Morgan fingerprint density at radius 3 is 2.55 bits per heavy atom. The summed E-state index contributed by atoms with van der Waals surface area (Å²) < 4.78 is 0. The summed E-state index contributed by atoms with van der Waals surface area (Å²) in [5, 5.41) is 12.5. The third-order valence-corrected chi connectivity index (χ3v) is 3.93. The fraction of sp³-hybridized carbons (Fsp3) is 0.133. The first kappa shape index (κ1) is 14.8. The molecule has 0 saturated heterocycles. The Morgan fingerprint density at radius 1 is 1.25 bits per heavy atom. The lowest BCUT2D eigenvalue weighted by Gasteiger charge is -2.08. The SMILES string of the molecule is CSc1ccc(CNc2ccc(Cl)c(C(=O)O)c2)cc1. The van der Waals surface area contributed by atoms with Crippen LogP contribution in [0.3, 0.4) is 0 Å². The van der Waals surface area contributed by atoms with Crippen LogP contribution >= 0.6 is 23.4 Å². The van der Waals surface area contributed by atoms with Crippen LogP contribution in [0.4, 0.5) is 5.69 Å². The molecule has 3 nitrogen and oxygen atoms in total. The average molecular weight is 308 g/mol. The minimum absolute atomic E-state index is 0.106. The molecule has 0 aliphatic rings. The molecule has 0 radical (unpaired) electrons. The van der Waals surface area contributed by atoms with Crippen LogP contribution in [0.5, 0.6) is 0 Å². The topological polar surface area (TPSA) is 49.3 Å². The van der Waals surface area contributed by atoms with Crippen molar-refractivity contribution >= 4 is 35.0 Å². The zero-order chi connectivity index (χ0) is 14.5. The van der Waals surface area contributed by atoms with E-state index in [0.717, 1.165) is 11.3 Å². The monoisotopic (exact) mass is 307 g/mol. The summed E-state index contributed by atoms with van der Waals surface area (Å²) in [5.74, 6) is -1.03. The molecule has 2 aromatic carbocycles. The molecule has 0 spiro atoms. The second-order valence-electron chi connectivity index (χ2n) is 4.20. The van der Waals surface area contributed by atoms with Gasteiger partial charge in [0.1, 0.15) is 0 Å². The quantitative estimate of drug-likeness (QED) is 0.805. The molecule has 0 heterocycles. The second-order valence-corrected chi connectivity index (χ2v) is 5.49. The van der Waals surface area contributed by atoms with Crippen molar-refractivity contribution in [3.63, 3.8) is 0 Å². The number of thioether (sulfide) groups is 1. The highest BCUT2D eigenvalue weighted by Crippen LogP contribution is 2.21. The van der Waals surface area contributed by atoms with E-state index in [9.17, 15) is 4.79 Å². The van der Waals surface area contributed by atoms with Crippen LogP contribution in [-0.4, -0.2) is 17.3 Å². The van der Waals surface area contributed by atoms with Gasteiger partial charge >= 0.3 is 5.97 Å². The van der Waals surface area contributed by atoms with E-state index in [1.807, 2.05) is 18.4 Å². The van der Waals surface area contributed by atoms with Crippen molar-refractivity contribution in [1.29, 1.82) is 0 Å². The van der Waals surface area contributed by atoms with Crippen LogP contribution in [0.25, 0.3) is 0 Å². The Hall–Kier alpha value is -1.65. The molecule has 2 aromatic rings. The van der Waals surface area contributed by atoms with Crippen LogP contribution in [0.2, 0.25) is 5.02 Å². The molecule has 0 fully saturated rings. The van der Waals surface area contributed by atoms with Crippen molar-refractivity contribution in [2.24, 2.45) is 0 Å². The van der Waals surface area contributed by atoms with Gasteiger partial charge in [0.2, 0.25) is 0 Å². The van der Waals surface area contributed by atoms with Gasteiger partial charge in [-0.15, -0.1) is 11.8 Å². The number of hydrogen-bond acceptors (Lipinski definition) is 3. The van der Waals surface area contributed by atoms with Crippen molar-refractivity contribution in [3.05, 3.63) is 58.6 Å². The standard InChI is InChI=1S/C15H14ClNO2S/c1-20-12-5-2-10(3-6-12)9-17-11-4-7-14(16)13(8-11)15(18)19/h2-8,17H,9H2,1H3,(H,18,19). The number of benzene rings is 2. The number of carboxylic acids is 1. The van der Waals surface area contributed by atoms with Crippen molar-refractivity contribution < 1.29 is 9.90 Å². The zero-order valence-electron chi connectivity index (χ0n) is 10.9. The van der Waals surface area contributed by atoms with Gasteiger partial charge in [-0.25, -0.2) is 4.79 Å². The molecule has 0 amide bonds. The predicted octanol–water partition coefficient (Wildman–Crippen LogP) is 4.37. The summed E-state index contributed by atoms with van der Waals surface area (Å²) in [6, 6.07) is 13.1. The maximum atomic E-state index is 11.0. The fourth-order valence-corrected chi connectivity index (χ4v) is 2.35. The van der Waals surface area contributed by atoms with E-state index in [-0.39, 0.29) is 10.6 Å². The Kier molecular flexibility index (Phi) is 4.93. The highest BCUT2D eigenvalue weighted by molar-refractivity contribution is 7.98. The molecule has 0 unspecified atom stereocenters. The van der Waals surface area contributed by atoms with Crippen LogP contribution in [0.15, 0.2) is 47.4 Å². The van der Waals surface area contributed by atoms with Crippen LogP contribution in [0, 0.1) is 0 Å². The van der Waals surface area contributed by atoms with Gasteiger partial charge in [0.25, 0.3) is 0 Å². The van der Waals surface area contributed by atoms with Gasteiger partial charge in [0.05, 0.1) is 10.6 Å². The predicted molar refractivity (Wildman–Crippen MR) is 84.0 cm³/mol. The number of hydrogen-bond donors (Lipinski definition) is 2. The van der Waals surface area contributed by atoms with E-state index in [4.69, 9.17) is 16.7 Å². The zero-order valence-corrected chi connectivity index (χ0v) is 12.5. The molecule has 0 aliphatic carbocycles. The average Bonchev–Trinajstić information content (AvgIpc) is 2.46. The smallest absolute Gasteiger partial charge is 0.337 e. The lowest BCUT2D eigenvalue weighted by Crippen LogP contribution is -2.02. The van der Waals surface area contributed by atoms with E-state index >= 15 is 0 Å². The minimum atomic E-state index is -1.03. The summed E-state index contributed by atoms with van der Waals surface area (Å²) in [5.41, 5.74) is 1.98. The number of rotatable bonds is 5. The van der Waals surface area contributed by atoms with Gasteiger partial charge in [-0.05, 0) is 42.2 Å². The number of nitrogens with one attached hydrogen (secondary N) is 1. The van der Waals surface area contributed by atoms with E-state index in [0.29, 0.717) is 6.54 Å². The second kappa shape index (κ2) is 6.68. The van der Waals surface area contributed by atoms with Gasteiger partial charge < -0.3 is 10.4 Å². The van der Waals surface area contributed by atoms with Crippen molar-refractivity contribution in [3.8, 4) is 0 Å². The van der Waals surface area contributed by atoms with E-state index < -0.39 is 5.97 Å². The van der Waals surface area contributed by atoms with Gasteiger partial charge in [-0.1, -0.05) is 23.7 Å². The van der Waals surface area contributed by atoms with Gasteiger partial charge in [-0.3, -0.25) is 0 Å². The molecule has 0 saturated carbocycles. The Bertz CT molecular complexity index is 614. The molecule has 2 rings (SSSR count). The molecule has 0 bridgehead atoms. The number of anilines is 1. The van der Waals surface area contributed by atoms with Crippen molar-refractivity contribution in [2.75, 3.05) is 11.6 Å². The van der Waals surface area contributed by atoms with E-state index in [2.05, 4.69) is 17.4 Å². The molecule has 20 heavy (non-hydrogen) atoms. The fourth-order valence-electron chi connectivity index (χ4n) is 1.75. The molecule has 0 aromatic heterocycles. The van der Waals surface area contributed by atoms with E-state index in [1.165, 1.54) is 4.90 Å². The maximum absolute atomic E-state index is 11.0. The number of carboxylic acid groups (broad SMARTS) is 1. The van der Waals surface area contributed by atoms with Gasteiger partial charge in [0, 0.05) is 17.1 Å². The lowest BCUT2D eigenvalue weighted by atomic mass is 10.2. The normalized spacial score (nSPS) is 10.3. The molecule has 104 valence electrons. The summed E-state index contributed by atoms with van der Waals surface area (Å²) in [6.45, 7) is 0.634. The van der Waals surface area contributed by atoms with Crippen LogP contribution < -0.4 is 5.32 Å². The van der Waals surface area contributed by atoms with Crippen molar-refractivity contribution in [1.82, 2.24) is 0 Å². The molecule has 2 N–H and O–H groups in total. The molecule has 0 atom stereocenters. The van der Waals surface area contributed by atoms with E-state index in [1.54, 1.807) is 30.0 Å². The summed E-state index contributed by atoms with van der Waals surface area (Å²) in [4.78, 5) is 12.2. The first-order valence-corrected chi connectivity index (χ1v) is 7.60. The Balaban J connectivity index is 2.06. The molecular formula is C15H14ClNO2S. The third kappa shape index (κ3) is 3.68. The minimum Gasteiger partial charge on any atom is -0.478 e. The van der Waals surface area contributed by atoms with Gasteiger partial charge in [-0.2, -0.15) is 0 Å². The number of halogens is 1. The number of carbonyl (C=O) groups is 1. The van der Waals surface area contributed by atoms with Crippen LogP contribution in [0.1, 0.15) is 15.9 Å². The highest BCUT2D eigenvalue weighted by atomic mass is 35.5. The van der Waals surface area contributed by atoms with Crippen molar-refractivity contribution in [2.45, 2.75) is 11.4 Å². The van der Waals surface area contributed by atoms with Crippen LogP contribution in [-0.2, 0) is 6.54 Å². The first-order chi connectivity index (χ1) is 9.60. The third-order valence-electron chi connectivity index (χ3n) is 2.85.